The third kappa shape index (κ3) is 4.65. The van der Waals surface area contributed by atoms with Gasteiger partial charge in [-0.2, -0.15) is 0 Å². The van der Waals surface area contributed by atoms with E-state index in [0.717, 1.165) is 11.3 Å². The molecular formula is C19H24N2O3. The van der Waals surface area contributed by atoms with Crippen LogP contribution in [-0.2, 0) is 11.3 Å². The van der Waals surface area contributed by atoms with Gasteiger partial charge in [-0.1, -0.05) is 30.3 Å². The Morgan fingerprint density at radius 2 is 1.75 bits per heavy atom. The number of nitrogens with zero attached hydrogens (tertiary/aromatic N) is 1. The van der Waals surface area contributed by atoms with Crippen molar-refractivity contribution in [1.82, 2.24) is 4.90 Å². The number of carbonyl (C=O) groups is 1. The fourth-order valence-corrected chi connectivity index (χ4v) is 2.42. The summed E-state index contributed by atoms with van der Waals surface area (Å²) in [5, 5.41) is 3.14. The zero-order valence-corrected chi connectivity index (χ0v) is 14.4. The van der Waals surface area contributed by atoms with Crippen molar-refractivity contribution in [1.29, 1.82) is 0 Å². The maximum absolute atomic E-state index is 12.4. The van der Waals surface area contributed by atoms with Gasteiger partial charge in [0.05, 0.1) is 20.8 Å². The Balaban J connectivity index is 1.96. The number of carbonyl (C=O) groups excluding carboxylic acids is 1. The van der Waals surface area contributed by atoms with Crippen LogP contribution < -0.4 is 14.8 Å². The minimum absolute atomic E-state index is 0.0520. The quantitative estimate of drug-likeness (QED) is 0.809. The summed E-state index contributed by atoms with van der Waals surface area (Å²) in [4.78, 5) is 14.3. The molecule has 1 amide bonds. The van der Waals surface area contributed by atoms with Crippen LogP contribution in [0.1, 0.15) is 12.5 Å². The Bertz CT molecular complexity index is 659. The van der Waals surface area contributed by atoms with E-state index < -0.39 is 0 Å². The SMILES string of the molecule is CCN(Cc1ccccc1)C(=O)CNc1ccc(OC)c(OC)c1. The van der Waals surface area contributed by atoms with Gasteiger partial charge in [0.1, 0.15) is 0 Å². The van der Waals surface area contributed by atoms with Crippen LogP contribution in [0.2, 0.25) is 0 Å². The molecule has 0 radical (unpaired) electrons. The number of amides is 1. The molecule has 2 aromatic carbocycles. The van der Waals surface area contributed by atoms with Crippen LogP contribution in [0.3, 0.4) is 0 Å². The number of anilines is 1. The molecule has 5 nitrogen and oxygen atoms in total. The van der Waals surface area contributed by atoms with Gasteiger partial charge in [-0.25, -0.2) is 0 Å². The summed E-state index contributed by atoms with van der Waals surface area (Å²) in [7, 11) is 3.18. The monoisotopic (exact) mass is 328 g/mol. The Morgan fingerprint density at radius 1 is 1.04 bits per heavy atom. The lowest BCUT2D eigenvalue weighted by Crippen LogP contribution is -2.34. The minimum atomic E-state index is 0.0520. The van der Waals surface area contributed by atoms with E-state index in [1.165, 1.54) is 0 Å². The number of rotatable bonds is 8. The van der Waals surface area contributed by atoms with Crippen LogP contribution in [0, 0.1) is 0 Å². The second-order valence-corrected chi connectivity index (χ2v) is 5.32. The molecule has 0 fully saturated rings. The molecule has 0 saturated heterocycles. The summed E-state index contributed by atoms with van der Waals surface area (Å²) < 4.78 is 10.5. The van der Waals surface area contributed by atoms with E-state index in [2.05, 4.69) is 5.32 Å². The molecule has 2 rings (SSSR count). The van der Waals surface area contributed by atoms with Gasteiger partial charge in [-0.05, 0) is 24.6 Å². The smallest absolute Gasteiger partial charge is 0.242 e. The number of nitrogens with one attached hydrogen (secondary N) is 1. The van der Waals surface area contributed by atoms with Gasteiger partial charge in [-0.15, -0.1) is 0 Å². The fourth-order valence-electron chi connectivity index (χ4n) is 2.42. The molecule has 1 N–H and O–H groups in total. The first kappa shape index (κ1) is 17.7. The lowest BCUT2D eigenvalue weighted by molar-refractivity contribution is -0.129. The lowest BCUT2D eigenvalue weighted by Gasteiger charge is -2.21. The van der Waals surface area contributed by atoms with Crippen molar-refractivity contribution < 1.29 is 14.3 Å². The number of methoxy groups -OCH3 is 2. The van der Waals surface area contributed by atoms with Crippen molar-refractivity contribution in [2.45, 2.75) is 13.5 Å². The first-order chi connectivity index (χ1) is 11.7. The summed E-state index contributed by atoms with van der Waals surface area (Å²) >= 11 is 0. The number of likely N-dealkylation sites (N-methyl/N-ethyl adjacent to an activating group) is 1. The molecule has 0 aliphatic rings. The van der Waals surface area contributed by atoms with Gasteiger partial charge in [0.25, 0.3) is 0 Å². The number of hydrogen-bond acceptors (Lipinski definition) is 4. The van der Waals surface area contributed by atoms with Crippen LogP contribution >= 0.6 is 0 Å². The van der Waals surface area contributed by atoms with E-state index in [0.29, 0.717) is 24.6 Å². The second kappa shape index (κ2) is 8.82. The normalized spacial score (nSPS) is 10.1. The molecule has 0 atom stereocenters. The summed E-state index contributed by atoms with van der Waals surface area (Å²) in [6.07, 6.45) is 0. The summed E-state index contributed by atoms with van der Waals surface area (Å²) in [5.41, 5.74) is 1.94. The van der Waals surface area contributed by atoms with E-state index in [1.807, 2.05) is 60.4 Å². The van der Waals surface area contributed by atoms with E-state index in [9.17, 15) is 4.79 Å². The molecule has 0 aromatic heterocycles. The van der Waals surface area contributed by atoms with Gasteiger partial charge in [0, 0.05) is 24.8 Å². The molecule has 0 spiro atoms. The first-order valence-electron chi connectivity index (χ1n) is 7.95. The fraction of sp³-hybridized carbons (Fsp3) is 0.316. The molecule has 0 unspecified atom stereocenters. The van der Waals surface area contributed by atoms with E-state index in [-0.39, 0.29) is 12.5 Å². The summed E-state index contributed by atoms with van der Waals surface area (Å²) in [6, 6.07) is 15.5. The Kier molecular flexibility index (Phi) is 6.49. The van der Waals surface area contributed by atoms with E-state index >= 15 is 0 Å². The third-order valence-electron chi connectivity index (χ3n) is 3.78. The maximum atomic E-state index is 12.4. The van der Waals surface area contributed by atoms with Crippen LogP contribution in [0.15, 0.2) is 48.5 Å². The van der Waals surface area contributed by atoms with E-state index in [1.54, 1.807) is 14.2 Å². The number of ether oxygens (including phenoxy) is 2. The van der Waals surface area contributed by atoms with Crippen molar-refractivity contribution in [2.24, 2.45) is 0 Å². The molecule has 0 saturated carbocycles. The largest absolute Gasteiger partial charge is 0.493 e. The highest BCUT2D eigenvalue weighted by atomic mass is 16.5. The van der Waals surface area contributed by atoms with Gasteiger partial charge in [0.2, 0.25) is 5.91 Å². The van der Waals surface area contributed by atoms with Gasteiger partial charge >= 0.3 is 0 Å². The zero-order valence-electron chi connectivity index (χ0n) is 14.4. The summed E-state index contributed by atoms with van der Waals surface area (Å²) in [6.45, 7) is 3.50. The predicted molar refractivity (Wildman–Crippen MR) is 95.6 cm³/mol. The maximum Gasteiger partial charge on any atom is 0.242 e. The standard InChI is InChI=1S/C19H24N2O3/c1-4-21(14-15-8-6-5-7-9-15)19(22)13-20-16-10-11-17(23-2)18(12-16)24-3/h5-12,20H,4,13-14H2,1-3H3. The molecule has 5 heteroatoms. The highest BCUT2D eigenvalue weighted by molar-refractivity contribution is 5.81. The lowest BCUT2D eigenvalue weighted by atomic mass is 10.2. The number of hydrogen-bond donors (Lipinski definition) is 1. The molecule has 0 aliphatic heterocycles. The topological polar surface area (TPSA) is 50.8 Å². The molecule has 2 aromatic rings. The van der Waals surface area contributed by atoms with E-state index in [4.69, 9.17) is 9.47 Å². The van der Waals surface area contributed by atoms with Gasteiger partial charge < -0.3 is 19.7 Å². The Hall–Kier alpha value is -2.69. The molecule has 0 heterocycles. The average molecular weight is 328 g/mol. The van der Waals surface area contributed by atoms with Crippen molar-refractivity contribution in [3.8, 4) is 11.5 Å². The Morgan fingerprint density at radius 3 is 2.38 bits per heavy atom. The van der Waals surface area contributed by atoms with Gasteiger partial charge in [-0.3, -0.25) is 4.79 Å². The van der Waals surface area contributed by atoms with Crippen LogP contribution in [-0.4, -0.2) is 38.1 Å². The van der Waals surface area contributed by atoms with Crippen molar-refractivity contribution in [3.05, 3.63) is 54.1 Å². The van der Waals surface area contributed by atoms with Crippen LogP contribution in [0.25, 0.3) is 0 Å². The molecular weight excluding hydrogens is 304 g/mol. The highest BCUT2D eigenvalue weighted by Gasteiger charge is 2.12. The third-order valence-corrected chi connectivity index (χ3v) is 3.78. The Labute approximate surface area is 143 Å². The average Bonchev–Trinajstić information content (AvgIpc) is 2.64. The van der Waals surface area contributed by atoms with Crippen molar-refractivity contribution in [2.75, 3.05) is 32.6 Å². The first-order valence-corrected chi connectivity index (χ1v) is 7.95. The molecule has 24 heavy (non-hydrogen) atoms. The van der Waals surface area contributed by atoms with Gasteiger partial charge in [0.15, 0.2) is 11.5 Å². The summed E-state index contributed by atoms with van der Waals surface area (Å²) in [5.74, 6) is 1.34. The minimum Gasteiger partial charge on any atom is -0.493 e. The zero-order chi connectivity index (χ0) is 17.4. The molecule has 0 aliphatic carbocycles. The molecule has 0 bridgehead atoms. The van der Waals surface area contributed by atoms with Crippen molar-refractivity contribution in [3.63, 3.8) is 0 Å². The van der Waals surface area contributed by atoms with Crippen molar-refractivity contribution >= 4 is 11.6 Å². The van der Waals surface area contributed by atoms with Crippen LogP contribution in [0.4, 0.5) is 5.69 Å². The van der Waals surface area contributed by atoms with Crippen LogP contribution in [0.5, 0.6) is 11.5 Å². The molecule has 128 valence electrons. The number of benzene rings is 2. The highest BCUT2D eigenvalue weighted by Crippen LogP contribution is 2.29. The predicted octanol–water partition coefficient (Wildman–Crippen LogP) is 3.16. The second-order valence-electron chi connectivity index (χ2n) is 5.32.